The van der Waals surface area contributed by atoms with Crippen molar-refractivity contribution in [2.45, 2.75) is 24.9 Å². The first-order valence-corrected chi connectivity index (χ1v) is 14.6. The molecule has 0 saturated heterocycles. The van der Waals surface area contributed by atoms with Gasteiger partial charge in [-0.1, -0.05) is 97.1 Å². The molecule has 0 aliphatic rings. The van der Waals surface area contributed by atoms with E-state index in [9.17, 15) is 19.2 Å². The zero-order valence-electron chi connectivity index (χ0n) is 25.0. The maximum absolute atomic E-state index is 12.5. The lowest BCUT2D eigenvalue weighted by atomic mass is 10.1. The molecule has 0 aliphatic carbocycles. The summed E-state index contributed by atoms with van der Waals surface area (Å²) in [5.74, 6) is -0.880. The summed E-state index contributed by atoms with van der Waals surface area (Å²) in [6, 6.07) is 34.7. The molecule has 10 heteroatoms. The van der Waals surface area contributed by atoms with Crippen LogP contribution in [-0.2, 0) is 31.9 Å². The van der Waals surface area contributed by atoms with Crippen LogP contribution in [0.1, 0.15) is 11.1 Å². The van der Waals surface area contributed by atoms with Crippen molar-refractivity contribution in [2.75, 3.05) is 13.2 Å². The third-order valence-corrected chi connectivity index (χ3v) is 6.41. The molecule has 236 valence electrons. The van der Waals surface area contributed by atoms with Crippen LogP contribution in [0.25, 0.3) is 0 Å². The van der Waals surface area contributed by atoms with E-state index in [1.807, 2.05) is 60.7 Å². The number of carbonyl (C=O) groups excluding carboxylic acids is 4. The van der Waals surface area contributed by atoms with Gasteiger partial charge in [-0.25, -0.2) is 19.2 Å². The van der Waals surface area contributed by atoms with E-state index in [1.54, 1.807) is 60.7 Å². The van der Waals surface area contributed by atoms with Gasteiger partial charge in [0, 0.05) is 12.2 Å². The number of amides is 2. The number of ether oxygens (including phenoxy) is 4. The summed E-state index contributed by atoms with van der Waals surface area (Å²) in [6.07, 6.45) is 1.21. The fourth-order valence-electron chi connectivity index (χ4n) is 4.28. The molecular weight excluding hydrogens is 588 g/mol. The fraction of sp³-hybridized carbons (Fsp3) is 0.167. The Morgan fingerprint density at radius 3 is 1.17 bits per heavy atom. The summed E-state index contributed by atoms with van der Waals surface area (Å²) in [5, 5.41) is 5.44. The minimum Gasteiger partial charge on any atom is -0.460 e. The van der Waals surface area contributed by atoms with E-state index in [0.29, 0.717) is 24.3 Å². The highest BCUT2D eigenvalue weighted by Crippen LogP contribution is 2.11. The molecule has 4 rings (SSSR count). The van der Waals surface area contributed by atoms with Crippen LogP contribution in [0.2, 0.25) is 0 Å². The monoisotopic (exact) mass is 622 g/mol. The minimum atomic E-state index is -0.807. The summed E-state index contributed by atoms with van der Waals surface area (Å²) < 4.78 is 21.2. The first kappa shape index (κ1) is 33.0. The summed E-state index contributed by atoms with van der Waals surface area (Å²) in [4.78, 5) is 49.9. The van der Waals surface area contributed by atoms with Crippen molar-refractivity contribution in [1.82, 2.24) is 10.6 Å². The molecule has 46 heavy (non-hydrogen) atoms. The fourth-order valence-corrected chi connectivity index (χ4v) is 4.28. The Morgan fingerprint density at radius 2 is 0.826 bits per heavy atom. The van der Waals surface area contributed by atoms with Crippen molar-refractivity contribution < 1.29 is 38.1 Å². The number of para-hydroxylation sites is 2. The Balaban J connectivity index is 1.28. The zero-order chi connectivity index (χ0) is 32.4. The van der Waals surface area contributed by atoms with Crippen LogP contribution in [0.5, 0.6) is 11.5 Å². The second-order valence-corrected chi connectivity index (χ2v) is 10.1. The van der Waals surface area contributed by atoms with Crippen molar-refractivity contribution in [3.63, 3.8) is 0 Å². The van der Waals surface area contributed by atoms with E-state index >= 15 is 0 Å². The summed E-state index contributed by atoms with van der Waals surface area (Å²) in [5.41, 5.74) is 1.82. The predicted octanol–water partition coefficient (Wildman–Crippen LogP) is 5.43. The van der Waals surface area contributed by atoms with Crippen LogP contribution in [-0.4, -0.2) is 49.4 Å². The standard InChI is InChI=1S/C36H34N2O8/c39-33(43-25-29(23-27-13-5-1-6-14-27)37-35(41)45-31-17-9-3-10-18-31)21-22-34(40)44-26-30(24-28-15-7-2-8-16-28)38-36(42)46-32-19-11-4-12-20-32/h1-22,29-30H,23-26H2,(H,37,41)(H,38,42)/b22-21+/t29-,30-/m1/s1. The Kier molecular flexibility index (Phi) is 12.9. The number of esters is 2. The summed E-state index contributed by atoms with van der Waals surface area (Å²) in [6.45, 7) is -0.354. The summed E-state index contributed by atoms with van der Waals surface area (Å²) >= 11 is 0. The van der Waals surface area contributed by atoms with Crippen LogP contribution in [0.4, 0.5) is 9.59 Å². The highest BCUT2D eigenvalue weighted by molar-refractivity contribution is 5.91. The molecule has 0 fully saturated rings. The van der Waals surface area contributed by atoms with Crippen LogP contribution < -0.4 is 20.1 Å². The predicted molar refractivity (Wildman–Crippen MR) is 170 cm³/mol. The van der Waals surface area contributed by atoms with E-state index < -0.39 is 36.2 Å². The van der Waals surface area contributed by atoms with Gasteiger partial charge in [0.1, 0.15) is 24.7 Å². The van der Waals surface area contributed by atoms with E-state index in [0.717, 1.165) is 23.3 Å². The third-order valence-electron chi connectivity index (χ3n) is 6.41. The van der Waals surface area contributed by atoms with Gasteiger partial charge in [0.2, 0.25) is 0 Å². The topological polar surface area (TPSA) is 129 Å². The Hall–Kier alpha value is -5.90. The number of nitrogens with one attached hydrogen (secondary N) is 2. The molecule has 0 heterocycles. The zero-order valence-corrected chi connectivity index (χ0v) is 25.0. The molecule has 0 saturated carbocycles. The number of hydrogen-bond donors (Lipinski definition) is 2. The van der Waals surface area contributed by atoms with Crippen molar-refractivity contribution in [2.24, 2.45) is 0 Å². The Morgan fingerprint density at radius 1 is 0.500 bits per heavy atom. The first-order chi connectivity index (χ1) is 22.4. The maximum Gasteiger partial charge on any atom is 0.412 e. The van der Waals surface area contributed by atoms with Gasteiger partial charge in [-0.3, -0.25) is 0 Å². The SMILES string of the molecule is O=C(/C=C/C(=O)OC[C@@H](Cc1ccccc1)NC(=O)Oc1ccccc1)OC[C@@H](Cc1ccccc1)NC(=O)Oc1ccccc1. The van der Waals surface area contributed by atoms with Gasteiger partial charge in [-0.2, -0.15) is 0 Å². The number of benzene rings is 4. The highest BCUT2D eigenvalue weighted by Gasteiger charge is 2.18. The molecule has 0 radical (unpaired) electrons. The molecule has 0 spiro atoms. The molecule has 2 N–H and O–H groups in total. The van der Waals surface area contributed by atoms with E-state index in [-0.39, 0.29) is 13.2 Å². The lowest BCUT2D eigenvalue weighted by Crippen LogP contribution is -2.42. The van der Waals surface area contributed by atoms with Crippen LogP contribution in [0.3, 0.4) is 0 Å². The van der Waals surface area contributed by atoms with Crippen molar-refractivity contribution in [3.05, 3.63) is 145 Å². The number of carbonyl (C=O) groups is 4. The quantitative estimate of drug-likeness (QED) is 0.141. The van der Waals surface area contributed by atoms with Crippen LogP contribution in [0.15, 0.2) is 133 Å². The maximum atomic E-state index is 12.5. The summed E-state index contributed by atoms with van der Waals surface area (Å²) in [7, 11) is 0. The second kappa shape index (κ2) is 18.0. The lowest BCUT2D eigenvalue weighted by molar-refractivity contribution is -0.141. The van der Waals surface area contributed by atoms with Crippen molar-refractivity contribution in [3.8, 4) is 11.5 Å². The van der Waals surface area contributed by atoms with Gasteiger partial charge in [0.05, 0.1) is 12.1 Å². The number of hydrogen-bond acceptors (Lipinski definition) is 8. The van der Waals surface area contributed by atoms with Gasteiger partial charge < -0.3 is 29.6 Å². The van der Waals surface area contributed by atoms with E-state index in [2.05, 4.69) is 10.6 Å². The van der Waals surface area contributed by atoms with Gasteiger partial charge in [-0.15, -0.1) is 0 Å². The number of rotatable bonds is 14. The van der Waals surface area contributed by atoms with E-state index in [4.69, 9.17) is 18.9 Å². The Labute approximate surface area is 266 Å². The minimum absolute atomic E-state index is 0.177. The molecule has 2 amide bonds. The van der Waals surface area contributed by atoms with Crippen molar-refractivity contribution >= 4 is 24.1 Å². The molecule has 0 aliphatic heterocycles. The van der Waals surface area contributed by atoms with Gasteiger partial charge in [0.15, 0.2) is 0 Å². The van der Waals surface area contributed by atoms with Gasteiger partial charge in [0.25, 0.3) is 0 Å². The highest BCUT2D eigenvalue weighted by atomic mass is 16.6. The van der Waals surface area contributed by atoms with Crippen LogP contribution in [0, 0.1) is 0 Å². The van der Waals surface area contributed by atoms with Crippen LogP contribution >= 0.6 is 0 Å². The molecule has 0 unspecified atom stereocenters. The average Bonchev–Trinajstić information content (AvgIpc) is 3.07. The molecule has 0 bridgehead atoms. The molecule has 10 nitrogen and oxygen atoms in total. The normalized spacial score (nSPS) is 11.9. The van der Waals surface area contributed by atoms with Gasteiger partial charge in [-0.05, 0) is 48.2 Å². The molecule has 2 atom stereocenters. The van der Waals surface area contributed by atoms with Gasteiger partial charge >= 0.3 is 24.1 Å². The van der Waals surface area contributed by atoms with E-state index in [1.165, 1.54) is 0 Å². The Bertz CT molecular complexity index is 1450. The molecular formula is C36H34N2O8. The van der Waals surface area contributed by atoms with Crippen molar-refractivity contribution in [1.29, 1.82) is 0 Å². The first-order valence-electron chi connectivity index (χ1n) is 14.6. The molecule has 4 aromatic rings. The third kappa shape index (κ3) is 12.4. The molecule has 4 aromatic carbocycles. The molecule has 0 aromatic heterocycles. The lowest BCUT2D eigenvalue weighted by Gasteiger charge is -2.19. The largest absolute Gasteiger partial charge is 0.460 e. The average molecular weight is 623 g/mol. The second-order valence-electron chi connectivity index (χ2n) is 10.1. The smallest absolute Gasteiger partial charge is 0.412 e.